The molecule has 0 saturated heterocycles. The van der Waals surface area contributed by atoms with Crippen molar-refractivity contribution in [2.24, 2.45) is 0 Å². The molecule has 0 amide bonds. The summed E-state index contributed by atoms with van der Waals surface area (Å²) in [5.41, 5.74) is 3.65. The van der Waals surface area contributed by atoms with Crippen LogP contribution in [0.2, 0.25) is 0 Å². The summed E-state index contributed by atoms with van der Waals surface area (Å²) in [6, 6.07) is 29.4. The van der Waals surface area contributed by atoms with Gasteiger partial charge in [0.1, 0.15) is 5.75 Å². The van der Waals surface area contributed by atoms with E-state index in [4.69, 9.17) is 4.74 Å². The Balaban J connectivity index is 1.96. The van der Waals surface area contributed by atoms with Gasteiger partial charge in [0.25, 0.3) is 0 Å². The Kier molecular flexibility index (Phi) is 5.10. The first-order valence-electron chi connectivity index (χ1n) is 8.09. The molecule has 0 saturated carbocycles. The highest BCUT2D eigenvalue weighted by Gasteiger charge is 2.17. The van der Waals surface area contributed by atoms with Gasteiger partial charge in [-0.05, 0) is 35.2 Å². The molecule has 0 fully saturated rings. The molecule has 23 heavy (non-hydrogen) atoms. The second-order valence-corrected chi connectivity index (χ2v) is 5.48. The van der Waals surface area contributed by atoms with Gasteiger partial charge in [0.15, 0.2) is 0 Å². The summed E-state index contributed by atoms with van der Waals surface area (Å²) in [4.78, 5) is 0. The zero-order valence-electron chi connectivity index (χ0n) is 13.4. The molecule has 0 aliphatic carbocycles. The van der Waals surface area contributed by atoms with Crippen molar-refractivity contribution in [3.8, 4) is 5.75 Å². The van der Waals surface area contributed by atoms with Gasteiger partial charge in [0.2, 0.25) is 0 Å². The Hall–Kier alpha value is -2.54. The Morgan fingerprint density at radius 2 is 1.13 bits per heavy atom. The molecular weight excluding hydrogens is 280 g/mol. The fourth-order valence-corrected chi connectivity index (χ4v) is 2.65. The molecule has 0 bridgehead atoms. The number of hydrogen-bond donors (Lipinski definition) is 0. The Labute approximate surface area is 138 Å². The topological polar surface area (TPSA) is 9.23 Å². The smallest absolute Gasteiger partial charge is 0.119 e. The summed E-state index contributed by atoms with van der Waals surface area (Å²) in [6.07, 6.45) is 1.02. The van der Waals surface area contributed by atoms with Crippen LogP contribution in [0.4, 0.5) is 0 Å². The van der Waals surface area contributed by atoms with E-state index in [2.05, 4.69) is 79.7 Å². The third-order valence-corrected chi connectivity index (χ3v) is 3.74. The predicted octanol–water partition coefficient (Wildman–Crippen LogP) is 5.49. The molecule has 1 radical (unpaired) electrons. The van der Waals surface area contributed by atoms with Crippen molar-refractivity contribution >= 4 is 0 Å². The number of rotatable bonds is 6. The minimum absolute atomic E-state index is 0.757. The van der Waals surface area contributed by atoms with Crippen molar-refractivity contribution in [3.63, 3.8) is 0 Å². The van der Waals surface area contributed by atoms with Crippen LogP contribution in [0.25, 0.3) is 0 Å². The molecule has 3 rings (SSSR count). The van der Waals surface area contributed by atoms with Crippen LogP contribution in [-0.4, -0.2) is 6.61 Å². The minimum atomic E-state index is 0.757. The van der Waals surface area contributed by atoms with Crippen molar-refractivity contribution in [1.29, 1.82) is 0 Å². The normalized spacial score (nSPS) is 10.7. The van der Waals surface area contributed by atoms with Gasteiger partial charge in [0, 0.05) is 0 Å². The zero-order valence-corrected chi connectivity index (χ0v) is 13.4. The molecule has 0 heterocycles. The molecule has 0 spiro atoms. The molecule has 0 aliphatic heterocycles. The minimum Gasteiger partial charge on any atom is -0.494 e. The largest absolute Gasteiger partial charge is 0.494 e. The van der Waals surface area contributed by atoms with Crippen LogP contribution >= 0.6 is 0 Å². The Bertz CT molecular complexity index is 662. The van der Waals surface area contributed by atoms with E-state index in [1.165, 1.54) is 22.6 Å². The van der Waals surface area contributed by atoms with Crippen molar-refractivity contribution in [1.82, 2.24) is 0 Å². The molecule has 0 N–H and O–H groups in total. The molecule has 1 nitrogen and oxygen atoms in total. The highest BCUT2D eigenvalue weighted by Crippen LogP contribution is 2.31. The summed E-state index contributed by atoms with van der Waals surface area (Å²) in [5, 5.41) is 0. The molecule has 0 aromatic heterocycles. The third kappa shape index (κ3) is 3.81. The molecule has 115 valence electrons. The number of hydrogen-bond acceptors (Lipinski definition) is 1. The first kappa shape index (κ1) is 15.4. The lowest BCUT2D eigenvalue weighted by molar-refractivity contribution is 0.317. The maximum absolute atomic E-state index is 5.69. The van der Waals surface area contributed by atoms with Crippen molar-refractivity contribution in [2.75, 3.05) is 6.61 Å². The van der Waals surface area contributed by atoms with E-state index >= 15 is 0 Å². The summed E-state index contributed by atoms with van der Waals surface area (Å²) in [5.74, 6) is 2.17. The van der Waals surface area contributed by atoms with E-state index in [1.807, 2.05) is 12.1 Å². The predicted molar refractivity (Wildman–Crippen MR) is 95.7 cm³/mol. The van der Waals surface area contributed by atoms with Gasteiger partial charge in [0.05, 0.1) is 12.5 Å². The highest BCUT2D eigenvalue weighted by atomic mass is 16.5. The third-order valence-electron chi connectivity index (χ3n) is 3.74. The number of ether oxygens (including phenoxy) is 1. The van der Waals surface area contributed by atoms with E-state index in [-0.39, 0.29) is 0 Å². The van der Waals surface area contributed by atoms with Crippen molar-refractivity contribution in [3.05, 3.63) is 108 Å². The standard InChI is InChI=1S/C22H21O/c1-2-17-23-21-15-13-20(14-16-21)22(18-9-5-3-6-10-18)19-11-7-4-8-12-19/h3-16H,2,17H2,1H3. The van der Waals surface area contributed by atoms with Crippen LogP contribution in [0.15, 0.2) is 84.9 Å². The van der Waals surface area contributed by atoms with Gasteiger partial charge < -0.3 is 4.74 Å². The summed E-state index contributed by atoms with van der Waals surface area (Å²) >= 11 is 0. The summed E-state index contributed by atoms with van der Waals surface area (Å²) in [6.45, 7) is 2.87. The zero-order chi connectivity index (χ0) is 15.9. The van der Waals surface area contributed by atoms with Gasteiger partial charge in [-0.1, -0.05) is 79.7 Å². The molecule has 0 aliphatic rings. The van der Waals surface area contributed by atoms with Crippen LogP contribution in [0, 0.1) is 5.92 Å². The highest BCUT2D eigenvalue weighted by molar-refractivity contribution is 5.57. The van der Waals surface area contributed by atoms with Gasteiger partial charge in [-0.15, -0.1) is 0 Å². The monoisotopic (exact) mass is 301 g/mol. The van der Waals surface area contributed by atoms with Gasteiger partial charge >= 0.3 is 0 Å². The lowest BCUT2D eigenvalue weighted by Crippen LogP contribution is -2.04. The van der Waals surface area contributed by atoms with Gasteiger partial charge in [-0.25, -0.2) is 0 Å². The average molecular weight is 301 g/mol. The Morgan fingerprint density at radius 1 is 0.652 bits per heavy atom. The first-order valence-corrected chi connectivity index (χ1v) is 8.09. The molecule has 3 aromatic rings. The molecular formula is C22H21O. The van der Waals surface area contributed by atoms with E-state index in [1.54, 1.807) is 0 Å². The van der Waals surface area contributed by atoms with Crippen LogP contribution in [0.3, 0.4) is 0 Å². The maximum Gasteiger partial charge on any atom is 0.119 e. The molecule has 0 unspecified atom stereocenters. The number of benzene rings is 3. The lowest BCUT2D eigenvalue weighted by Gasteiger charge is -2.18. The molecule has 3 aromatic carbocycles. The van der Waals surface area contributed by atoms with Crippen LogP contribution in [0.1, 0.15) is 30.0 Å². The molecule has 0 atom stereocenters. The Morgan fingerprint density at radius 3 is 1.61 bits per heavy atom. The van der Waals surface area contributed by atoms with Crippen LogP contribution in [0.5, 0.6) is 5.75 Å². The van der Waals surface area contributed by atoms with E-state index < -0.39 is 0 Å². The summed E-state index contributed by atoms with van der Waals surface area (Å²) in [7, 11) is 0. The first-order chi connectivity index (χ1) is 11.4. The van der Waals surface area contributed by atoms with E-state index in [0.29, 0.717) is 0 Å². The van der Waals surface area contributed by atoms with Crippen molar-refractivity contribution in [2.45, 2.75) is 13.3 Å². The molecule has 1 heteroatoms. The SMILES string of the molecule is CCCOc1ccc([C](c2ccccc2)c2ccccc2)cc1. The quantitative estimate of drug-likeness (QED) is 0.547. The fraction of sp³-hybridized carbons (Fsp3) is 0.136. The van der Waals surface area contributed by atoms with Gasteiger partial charge in [-0.2, -0.15) is 0 Å². The average Bonchev–Trinajstić information content (AvgIpc) is 2.63. The van der Waals surface area contributed by atoms with Gasteiger partial charge in [-0.3, -0.25) is 0 Å². The van der Waals surface area contributed by atoms with Crippen LogP contribution in [-0.2, 0) is 0 Å². The summed E-state index contributed by atoms with van der Waals surface area (Å²) < 4.78 is 5.69. The lowest BCUT2D eigenvalue weighted by atomic mass is 9.85. The van der Waals surface area contributed by atoms with E-state index in [0.717, 1.165) is 18.8 Å². The van der Waals surface area contributed by atoms with Crippen molar-refractivity contribution < 1.29 is 4.74 Å². The van der Waals surface area contributed by atoms with Crippen LogP contribution < -0.4 is 4.74 Å². The second-order valence-electron chi connectivity index (χ2n) is 5.48. The fourth-order valence-electron chi connectivity index (χ4n) is 2.65. The second kappa shape index (κ2) is 7.64. The van der Waals surface area contributed by atoms with E-state index in [9.17, 15) is 0 Å². The maximum atomic E-state index is 5.69.